The van der Waals surface area contributed by atoms with Crippen LogP contribution in [0.25, 0.3) is 0 Å². The fourth-order valence-electron chi connectivity index (χ4n) is 2.47. The second kappa shape index (κ2) is 7.11. The number of hydrogen-bond acceptors (Lipinski definition) is 3. The molecule has 118 valence electrons. The first kappa shape index (κ1) is 16.1. The Morgan fingerprint density at radius 3 is 2.50 bits per heavy atom. The van der Waals surface area contributed by atoms with E-state index < -0.39 is 0 Å². The molecule has 3 N–H and O–H groups in total. The van der Waals surface area contributed by atoms with Gasteiger partial charge >= 0.3 is 0 Å². The second-order valence-electron chi connectivity index (χ2n) is 6.06. The molecule has 2 amide bonds. The maximum Gasteiger partial charge on any atom is 0.271 e. The Morgan fingerprint density at radius 1 is 1.23 bits per heavy atom. The summed E-state index contributed by atoms with van der Waals surface area (Å²) in [4.78, 5) is 24.2. The lowest BCUT2D eigenvalue weighted by Crippen LogP contribution is -2.46. The van der Waals surface area contributed by atoms with Gasteiger partial charge in [0.05, 0.1) is 0 Å². The summed E-state index contributed by atoms with van der Waals surface area (Å²) in [7, 11) is 0. The molecule has 0 fully saturated rings. The Bertz CT molecular complexity index is 567. The van der Waals surface area contributed by atoms with E-state index in [4.69, 9.17) is 0 Å². The SMILES string of the molecule is CC(C)C[C@H](C)C(=O)NC1=CNC(c2ccccc2)NC1=O. The molecule has 22 heavy (non-hydrogen) atoms. The first-order valence-electron chi connectivity index (χ1n) is 7.60. The minimum atomic E-state index is -0.280. The van der Waals surface area contributed by atoms with Crippen LogP contribution in [-0.2, 0) is 9.59 Å². The third-order valence-corrected chi connectivity index (χ3v) is 3.58. The third kappa shape index (κ3) is 4.10. The Kier molecular flexibility index (Phi) is 5.20. The van der Waals surface area contributed by atoms with Crippen LogP contribution in [0.5, 0.6) is 0 Å². The largest absolute Gasteiger partial charge is 0.366 e. The van der Waals surface area contributed by atoms with Crippen molar-refractivity contribution in [3.05, 3.63) is 47.8 Å². The zero-order valence-corrected chi connectivity index (χ0v) is 13.2. The van der Waals surface area contributed by atoms with Crippen molar-refractivity contribution in [2.24, 2.45) is 11.8 Å². The van der Waals surface area contributed by atoms with E-state index in [-0.39, 0.29) is 29.6 Å². The number of benzene rings is 1. The minimum absolute atomic E-state index is 0.124. The van der Waals surface area contributed by atoms with Gasteiger partial charge in [0.15, 0.2) is 0 Å². The quantitative estimate of drug-likeness (QED) is 0.779. The number of hydrogen-bond donors (Lipinski definition) is 3. The number of amides is 2. The Hall–Kier alpha value is -2.30. The zero-order chi connectivity index (χ0) is 16.1. The molecule has 5 nitrogen and oxygen atoms in total. The molecule has 1 unspecified atom stereocenters. The van der Waals surface area contributed by atoms with Gasteiger partial charge in [0.2, 0.25) is 5.91 Å². The molecule has 1 aromatic rings. The van der Waals surface area contributed by atoms with E-state index >= 15 is 0 Å². The van der Waals surface area contributed by atoms with Gasteiger partial charge in [0.1, 0.15) is 11.9 Å². The van der Waals surface area contributed by atoms with Crippen LogP contribution in [-0.4, -0.2) is 11.8 Å². The molecule has 0 radical (unpaired) electrons. The first-order valence-corrected chi connectivity index (χ1v) is 7.60. The van der Waals surface area contributed by atoms with Crippen molar-refractivity contribution in [2.75, 3.05) is 0 Å². The number of carbonyl (C=O) groups is 2. The molecule has 0 aliphatic carbocycles. The van der Waals surface area contributed by atoms with Crippen molar-refractivity contribution >= 4 is 11.8 Å². The number of nitrogens with one attached hydrogen (secondary N) is 3. The molecule has 0 aromatic heterocycles. The molecule has 0 spiro atoms. The minimum Gasteiger partial charge on any atom is -0.366 e. The average Bonchev–Trinajstić information content (AvgIpc) is 2.49. The highest BCUT2D eigenvalue weighted by atomic mass is 16.2. The predicted molar refractivity (Wildman–Crippen MR) is 85.3 cm³/mol. The van der Waals surface area contributed by atoms with Crippen LogP contribution < -0.4 is 16.0 Å². The lowest BCUT2D eigenvalue weighted by molar-refractivity contribution is -0.127. The fraction of sp³-hybridized carbons (Fsp3) is 0.412. The predicted octanol–water partition coefficient (Wildman–Crippen LogP) is 2.04. The Balaban J connectivity index is 1.98. The number of carbonyl (C=O) groups excluding carboxylic acids is 2. The van der Waals surface area contributed by atoms with Crippen LogP contribution >= 0.6 is 0 Å². The van der Waals surface area contributed by atoms with Gasteiger partial charge in [-0.15, -0.1) is 0 Å². The van der Waals surface area contributed by atoms with Gasteiger partial charge in [-0.1, -0.05) is 51.1 Å². The zero-order valence-electron chi connectivity index (χ0n) is 13.2. The highest BCUT2D eigenvalue weighted by molar-refractivity contribution is 5.98. The molecule has 2 rings (SSSR count). The molecule has 1 aliphatic rings. The Labute approximate surface area is 131 Å². The van der Waals surface area contributed by atoms with Gasteiger partial charge in [-0.2, -0.15) is 0 Å². The van der Waals surface area contributed by atoms with Crippen LogP contribution in [0, 0.1) is 11.8 Å². The lowest BCUT2D eigenvalue weighted by atomic mass is 9.98. The normalized spacial score (nSPS) is 19.0. The smallest absolute Gasteiger partial charge is 0.271 e. The van der Waals surface area contributed by atoms with Crippen LogP contribution in [0.1, 0.15) is 38.9 Å². The first-order chi connectivity index (χ1) is 10.5. The lowest BCUT2D eigenvalue weighted by Gasteiger charge is -2.26. The van der Waals surface area contributed by atoms with Crippen molar-refractivity contribution in [1.82, 2.24) is 16.0 Å². The maximum atomic E-state index is 12.1. The summed E-state index contributed by atoms with van der Waals surface area (Å²) < 4.78 is 0. The number of rotatable bonds is 5. The van der Waals surface area contributed by atoms with E-state index in [1.807, 2.05) is 37.3 Å². The fourth-order valence-corrected chi connectivity index (χ4v) is 2.47. The van der Waals surface area contributed by atoms with E-state index in [1.54, 1.807) is 6.20 Å². The van der Waals surface area contributed by atoms with Crippen molar-refractivity contribution in [3.8, 4) is 0 Å². The highest BCUT2D eigenvalue weighted by Gasteiger charge is 2.24. The standard InChI is InChI=1S/C17H23N3O2/c1-11(2)9-12(3)16(21)19-14-10-18-15(20-17(14)22)13-7-5-4-6-8-13/h4-8,10-12,15,18H,9H2,1-3H3,(H,19,21)(H,20,22)/t12-,15?/m0/s1. The summed E-state index contributed by atoms with van der Waals surface area (Å²) >= 11 is 0. The molecular formula is C17H23N3O2. The summed E-state index contributed by atoms with van der Waals surface area (Å²) in [6.45, 7) is 6.02. The summed E-state index contributed by atoms with van der Waals surface area (Å²) in [5.41, 5.74) is 1.22. The van der Waals surface area contributed by atoms with Crippen molar-refractivity contribution in [2.45, 2.75) is 33.4 Å². The monoisotopic (exact) mass is 301 g/mol. The van der Waals surface area contributed by atoms with Gasteiger partial charge < -0.3 is 16.0 Å². The molecule has 0 saturated carbocycles. The van der Waals surface area contributed by atoms with Crippen LogP contribution in [0.15, 0.2) is 42.2 Å². The molecule has 1 heterocycles. The summed E-state index contributed by atoms with van der Waals surface area (Å²) in [5.74, 6) is -0.0937. The molecule has 2 atom stereocenters. The molecule has 1 aromatic carbocycles. The van der Waals surface area contributed by atoms with Gasteiger partial charge in [0, 0.05) is 12.1 Å². The topological polar surface area (TPSA) is 70.2 Å². The average molecular weight is 301 g/mol. The summed E-state index contributed by atoms with van der Waals surface area (Å²) in [5, 5.41) is 8.62. The maximum absolute atomic E-state index is 12.1. The van der Waals surface area contributed by atoms with Crippen LogP contribution in [0.2, 0.25) is 0 Å². The van der Waals surface area contributed by atoms with Gasteiger partial charge in [-0.25, -0.2) is 0 Å². The van der Waals surface area contributed by atoms with Crippen molar-refractivity contribution in [3.63, 3.8) is 0 Å². The molecular weight excluding hydrogens is 278 g/mol. The highest BCUT2D eigenvalue weighted by Crippen LogP contribution is 2.15. The molecule has 1 aliphatic heterocycles. The van der Waals surface area contributed by atoms with Gasteiger partial charge in [-0.05, 0) is 17.9 Å². The van der Waals surface area contributed by atoms with E-state index in [9.17, 15) is 9.59 Å². The Morgan fingerprint density at radius 2 is 1.91 bits per heavy atom. The van der Waals surface area contributed by atoms with Crippen molar-refractivity contribution in [1.29, 1.82) is 0 Å². The van der Waals surface area contributed by atoms with Crippen LogP contribution in [0.4, 0.5) is 0 Å². The summed E-state index contributed by atoms with van der Waals surface area (Å²) in [6.07, 6.45) is 2.08. The summed E-state index contributed by atoms with van der Waals surface area (Å²) in [6, 6.07) is 9.61. The molecule has 0 bridgehead atoms. The van der Waals surface area contributed by atoms with Gasteiger partial charge in [-0.3, -0.25) is 9.59 Å². The van der Waals surface area contributed by atoms with Gasteiger partial charge in [0.25, 0.3) is 5.91 Å². The van der Waals surface area contributed by atoms with Crippen molar-refractivity contribution < 1.29 is 9.59 Å². The molecule has 5 heteroatoms. The third-order valence-electron chi connectivity index (χ3n) is 3.58. The molecule has 0 saturated heterocycles. The van der Waals surface area contributed by atoms with Crippen LogP contribution in [0.3, 0.4) is 0 Å². The second-order valence-corrected chi connectivity index (χ2v) is 6.06. The van der Waals surface area contributed by atoms with E-state index in [0.29, 0.717) is 5.92 Å². The van der Waals surface area contributed by atoms with E-state index in [2.05, 4.69) is 29.8 Å². The van der Waals surface area contributed by atoms with E-state index in [0.717, 1.165) is 12.0 Å². The van der Waals surface area contributed by atoms with E-state index in [1.165, 1.54) is 0 Å².